The van der Waals surface area contributed by atoms with Gasteiger partial charge in [0, 0.05) is 0 Å². The van der Waals surface area contributed by atoms with Crippen molar-refractivity contribution in [2.75, 3.05) is 0 Å². The van der Waals surface area contributed by atoms with E-state index in [2.05, 4.69) is 16.0 Å². The molecule has 0 aromatic heterocycles. The number of aliphatic hydroxyl groups excluding tert-OH is 1. The molecule has 178 valence electrons. The average Bonchev–Trinajstić information content (AvgIpc) is 2.66. The zero-order valence-corrected chi connectivity index (χ0v) is 18.5. The number of aliphatic hydroxyl groups is 1. The first-order valence-electron chi connectivity index (χ1n) is 10.1. The summed E-state index contributed by atoms with van der Waals surface area (Å²) in [4.78, 5) is 60.3. The van der Waals surface area contributed by atoms with Crippen LogP contribution in [0, 0.1) is 11.8 Å². The number of amides is 4. The highest BCUT2D eigenvalue weighted by Gasteiger charge is 2.34. The van der Waals surface area contributed by atoms with Gasteiger partial charge in [0.1, 0.15) is 18.1 Å². The summed E-state index contributed by atoms with van der Waals surface area (Å²) in [5, 5.41) is 26.1. The molecule has 12 heteroatoms. The standard InChI is InChI=1S/C19H35N5O7/c1-6-9(4)14(19(30)31)23-16(27)11(7-12(20)26)22-18(29)15(10(5)25)24-17(28)13(21)8(2)3/h8-11,13-15,25H,6-7,21H2,1-5H3,(H2,20,26)(H,22,29)(H,23,27)(H,24,28)(H,30,31). The van der Waals surface area contributed by atoms with Crippen LogP contribution in [-0.2, 0) is 24.0 Å². The van der Waals surface area contributed by atoms with E-state index in [-0.39, 0.29) is 5.92 Å². The first kappa shape index (κ1) is 28.3. The monoisotopic (exact) mass is 445 g/mol. The quantitative estimate of drug-likeness (QED) is 0.165. The molecule has 4 amide bonds. The predicted octanol–water partition coefficient (Wildman–Crippen LogP) is -2.19. The minimum absolute atomic E-state index is 0.236. The van der Waals surface area contributed by atoms with E-state index in [9.17, 15) is 34.2 Å². The number of carboxylic acids is 1. The third-order valence-electron chi connectivity index (χ3n) is 4.90. The number of carboxylic acid groups (broad SMARTS) is 1. The Morgan fingerprint density at radius 2 is 1.39 bits per heavy atom. The van der Waals surface area contributed by atoms with Crippen LogP contribution in [0.3, 0.4) is 0 Å². The number of aliphatic carboxylic acids is 1. The Morgan fingerprint density at radius 1 is 0.871 bits per heavy atom. The van der Waals surface area contributed by atoms with Crippen molar-refractivity contribution in [3.63, 3.8) is 0 Å². The predicted molar refractivity (Wildman–Crippen MR) is 111 cm³/mol. The summed E-state index contributed by atoms with van der Waals surface area (Å²) >= 11 is 0. The van der Waals surface area contributed by atoms with Gasteiger partial charge in [-0.2, -0.15) is 0 Å². The van der Waals surface area contributed by atoms with Gasteiger partial charge >= 0.3 is 5.97 Å². The number of nitrogens with one attached hydrogen (secondary N) is 3. The van der Waals surface area contributed by atoms with Crippen LogP contribution < -0.4 is 27.4 Å². The summed E-state index contributed by atoms with van der Waals surface area (Å²) in [7, 11) is 0. The number of carbonyl (C=O) groups excluding carboxylic acids is 4. The van der Waals surface area contributed by atoms with Crippen molar-refractivity contribution in [1.29, 1.82) is 0 Å². The highest BCUT2D eigenvalue weighted by molar-refractivity contribution is 5.96. The normalized spacial score (nSPS) is 16.9. The summed E-state index contributed by atoms with van der Waals surface area (Å²) in [6.07, 6.45) is -1.51. The molecule has 0 saturated heterocycles. The number of primary amides is 1. The molecule has 0 aromatic carbocycles. The van der Waals surface area contributed by atoms with Gasteiger partial charge in [-0.25, -0.2) is 4.79 Å². The smallest absolute Gasteiger partial charge is 0.326 e. The molecule has 9 N–H and O–H groups in total. The Morgan fingerprint density at radius 3 is 1.77 bits per heavy atom. The van der Waals surface area contributed by atoms with Gasteiger partial charge in [0.15, 0.2) is 0 Å². The van der Waals surface area contributed by atoms with Gasteiger partial charge in [-0.3, -0.25) is 19.2 Å². The molecule has 0 aliphatic heterocycles. The molecule has 0 bridgehead atoms. The molecular formula is C19H35N5O7. The zero-order chi connectivity index (χ0) is 24.5. The van der Waals surface area contributed by atoms with Crippen LogP contribution in [0.15, 0.2) is 0 Å². The number of rotatable bonds is 13. The van der Waals surface area contributed by atoms with Gasteiger partial charge in [0.2, 0.25) is 23.6 Å². The molecule has 31 heavy (non-hydrogen) atoms. The molecule has 0 aliphatic carbocycles. The second-order valence-corrected chi connectivity index (χ2v) is 7.94. The van der Waals surface area contributed by atoms with Crippen molar-refractivity contribution >= 4 is 29.6 Å². The van der Waals surface area contributed by atoms with Crippen LogP contribution in [0.4, 0.5) is 0 Å². The van der Waals surface area contributed by atoms with Gasteiger partial charge in [-0.05, 0) is 18.8 Å². The van der Waals surface area contributed by atoms with E-state index < -0.39 is 72.2 Å². The van der Waals surface area contributed by atoms with Crippen LogP contribution >= 0.6 is 0 Å². The van der Waals surface area contributed by atoms with Crippen LogP contribution in [0.5, 0.6) is 0 Å². The molecule has 0 saturated carbocycles. The Bertz CT molecular complexity index is 668. The summed E-state index contributed by atoms with van der Waals surface area (Å²) in [5.41, 5.74) is 10.9. The lowest BCUT2D eigenvalue weighted by Gasteiger charge is -2.27. The molecule has 0 aromatic rings. The van der Waals surface area contributed by atoms with Gasteiger partial charge < -0.3 is 37.6 Å². The van der Waals surface area contributed by atoms with Gasteiger partial charge in [0.05, 0.1) is 18.6 Å². The van der Waals surface area contributed by atoms with Crippen molar-refractivity contribution in [2.45, 2.75) is 77.7 Å². The molecular weight excluding hydrogens is 410 g/mol. The fourth-order valence-electron chi connectivity index (χ4n) is 2.57. The van der Waals surface area contributed by atoms with E-state index in [1.165, 1.54) is 6.92 Å². The fourth-order valence-corrected chi connectivity index (χ4v) is 2.57. The minimum atomic E-state index is -1.51. The lowest BCUT2D eigenvalue weighted by Crippen LogP contribution is -2.60. The molecule has 0 heterocycles. The summed E-state index contributed by atoms with van der Waals surface area (Å²) in [6.45, 7) is 8.01. The van der Waals surface area contributed by atoms with Crippen molar-refractivity contribution in [1.82, 2.24) is 16.0 Å². The summed E-state index contributed by atoms with van der Waals surface area (Å²) in [5.74, 6) is -5.44. The van der Waals surface area contributed by atoms with E-state index in [0.29, 0.717) is 6.42 Å². The molecule has 0 spiro atoms. The maximum Gasteiger partial charge on any atom is 0.326 e. The van der Waals surface area contributed by atoms with Gasteiger partial charge in [0.25, 0.3) is 0 Å². The Balaban J connectivity index is 5.52. The van der Waals surface area contributed by atoms with E-state index in [0.717, 1.165) is 0 Å². The van der Waals surface area contributed by atoms with E-state index >= 15 is 0 Å². The van der Waals surface area contributed by atoms with Crippen LogP contribution in [0.2, 0.25) is 0 Å². The van der Waals surface area contributed by atoms with Crippen LogP contribution in [-0.4, -0.2) is 70.1 Å². The van der Waals surface area contributed by atoms with Crippen molar-refractivity contribution in [3.8, 4) is 0 Å². The third kappa shape index (κ3) is 9.30. The lowest BCUT2D eigenvalue weighted by atomic mass is 9.98. The first-order valence-corrected chi connectivity index (χ1v) is 10.1. The zero-order valence-electron chi connectivity index (χ0n) is 18.5. The highest BCUT2D eigenvalue weighted by atomic mass is 16.4. The summed E-state index contributed by atoms with van der Waals surface area (Å²) < 4.78 is 0. The number of nitrogens with two attached hydrogens (primary N) is 2. The van der Waals surface area contributed by atoms with Crippen molar-refractivity contribution in [2.24, 2.45) is 23.3 Å². The second kappa shape index (κ2) is 12.8. The molecule has 0 radical (unpaired) electrons. The van der Waals surface area contributed by atoms with Crippen LogP contribution in [0.25, 0.3) is 0 Å². The Hall–Kier alpha value is -2.73. The van der Waals surface area contributed by atoms with Gasteiger partial charge in [-0.15, -0.1) is 0 Å². The maximum atomic E-state index is 12.6. The molecule has 6 unspecified atom stereocenters. The van der Waals surface area contributed by atoms with E-state index in [4.69, 9.17) is 11.5 Å². The molecule has 6 atom stereocenters. The third-order valence-corrected chi connectivity index (χ3v) is 4.90. The van der Waals surface area contributed by atoms with Crippen LogP contribution in [0.1, 0.15) is 47.5 Å². The maximum absolute atomic E-state index is 12.6. The number of hydrogen-bond acceptors (Lipinski definition) is 7. The molecule has 0 rings (SSSR count). The Labute approximate surface area is 181 Å². The highest BCUT2D eigenvalue weighted by Crippen LogP contribution is 2.09. The lowest BCUT2D eigenvalue weighted by molar-refractivity contribution is -0.144. The van der Waals surface area contributed by atoms with Crippen molar-refractivity contribution in [3.05, 3.63) is 0 Å². The average molecular weight is 446 g/mol. The molecule has 12 nitrogen and oxygen atoms in total. The second-order valence-electron chi connectivity index (χ2n) is 7.94. The first-order chi connectivity index (χ1) is 14.2. The van der Waals surface area contributed by atoms with E-state index in [1.807, 2.05) is 0 Å². The summed E-state index contributed by atoms with van der Waals surface area (Å²) in [6, 6.07) is -5.16. The fraction of sp³-hybridized carbons (Fsp3) is 0.737. The minimum Gasteiger partial charge on any atom is -0.480 e. The molecule has 0 aliphatic rings. The molecule has 0 fully saturated rings. The van der Waals surface area contributed by atoms with E-state index in [1.54, 1.807) is 27.7 Å². The number of carbonyl (C=O) groups is 5. The SMILES string of the molecule is CCC(C)C(NC(=O)C(CC(N)=O)NC(=O)C(NC(=O)C(N)C(C)C)C(C)O)C(=O)O. The largest absolute Gasteiger partial charge is 0.480 e. The van der Waals surface area contributed by atoms with Gasteiger partial charge in [-0.1, -0.05) is 34.1 Å². The number of hydrogen-bond donors (Lipinski definition) is 7. The Kier molecular flexibility index (Phi) is 11.7. The topological polar surface area (TPSA) is 214 Å². The van der Waals surface area contributed by atoms with Crippen molar-refractivity contribution < 1.29 is 34.2 Å².